The van der Waals surface area contributed by atoms with E-state index in [2.05, 4.69) is 0 Å². The van der Waals surface area contributed by atoms with Crippen molar-refractivity contribution in [1.29, 1.82) is 0 Å². The lowest BCUT2D eigenvalue weighted by molar-refractivity contribution is -0.161. The number of hydrogen-bond acceptors (Lipinski definition) is 4. The van der Waals surface area contributed by atoms with Crippen molar-refractivity contribution in [1.82, 2.24) is 0 Å². The highest BCUT2D eigenvalue weighted by molar-refractivity contribution is 6.06. The molecule has 4 heteroatoms. The van der Waals surface area contributed by atoms with Gasteiger partial charge in [0.25, 0.3) is 0 Å². The zero-order valence-electron chi connectivity index (χ0n) is 13.1. The van der Waals surface area contributed by atoms with Crippen LogP contribution in [-0.4, -0.2) is 26.2 Å². The third-order valence-corrected chi connectivity index (χ3v) is 3.88. The topological polar surface area (TPSA) is 52.6 Å². The van der Waals surface area contributed by atoms with Gasteiger partial charge in [0.1, 0.15) is 0 Å². The van der Waals surface area contributed by atoms with E-state index in [1.807, 2.05) is 37.3 Å². The third kappa shape index (κ3) is 2.82. The SMILES string of the molecule is CCC1=CC(C(=O)OC)(C(=O)OC)C=C1Cc1ccccc1. The maximum atomic E-state index is 12.2. The summed E-state index contributed by atoms with van der Waals surface area (Å²) in [4.78, 5) is 24.4. The smallest absolute Gasteiger partial charge is 0.331 e. The van der Waals surface area contributed by atoms with Gasteiger partial charge in [-0.3, -0.25) is 9.59 Å². The first kappa shape index (κ1) is 16.0. The van der Waals surface area contributed by atoms with E-state index in [9.17, 15) is 9.59 Å². The van der Waals surface area contributed by atoms with Crippen LogP contribution in [0.25, 0.3) is 0 Å². The minimum absolute atomic E-state index is 0.617. The molecule has 4 nitrogen and oxygen atoms in total. The van der Waals surface area contributed by atoms with Crippen LogP contribution in [0.15, 0.2) is 53.6 Å². The molecule has 0 aromatic heterocycles. The quantitative estimate of drug-likeness (QED) is 0.620. The van der Waals surface area contributed by atoms with Crippen molar-refractivity contribution in [3.05, 3.63) is 59.2 Å². The Hall–Kier alpha value is -2.36. The average Bonchev–Trinajstić information content (AvgIpc) is 2.94. The Morgan fingerprint density at radius 3 is 2.00 bits per heavy atom. The molecule has 0 bridgehead atoms. The molecule has 0 unspecified atom stereocenters. The highest BCUT2D eigenvalue weighted by Gasteiger charge is 2.48. The summed E-state index contributed by atoms with van der Waals surface area (Å²) in [6.07, 6.45) is 4.74. The van der Waals surface area contributed by atoms with Crippen LogP contribution in [-0.2, 0) is 25.5 Å². The third-order valence-electron chi connectivity index (χ3n) is 3.88. The number of carbonyl (C=O) groups is 2. The number of hydrogen-bond donors (Lipinski definition) is 0. The summed E-state index contributed by atoms with van der Waals surface area (Å²) in [7, 11) is 2.55. The molecule has 1 aromatic rings. The second kappa shape index (κ2) is 6.60. The summed E-state index contributed by atoms with van der Waals surface area (Å²) in [5.41, 5.74) is 1.60. The molecule has 0 fully saturated rings. The standard InChI is InChI=1S/C18H20O4/c1-4-14-11-18(16(19)21-2,17(20)22-3)12-15(14)10-13-8-6-5-7-9-13/h5-9,11-12H,4,10H2,1-3H3. The molecule has 2 rings (SSSR count). The van der Waals surface area contributed by atoms with E-state index in [4.69, 9.17) is 9.47 Å². The van der Waals surface area contributed by atoms with Crippen LogP contribution in [0.4, 0.5) is 0 Å². The van der Waals surface area contributed by atoms with Crippen LogP contribution < -0.4 is 0 Å². The monoisotopic (exact) mass is 300 g/mol. The van der Waals surface area contributed by atoms with Crippen LogP contribution in [0.3, 0.4) is 0 Å². The number of carbonyl (C=O) groups excluding carboxylic acids is 2. The van der Waals surface area contributed by atoms with Gasteiger partial charge in [0.05, 0.1) is 14.2 Å². The van der Waals surface area contributed by atoms with Crippen LogP contribution in [0.1, 0.15) is 18.9 Å². The normalized spacial score (nSPS) is 15.8. The summed E-state index contributed by atoms with van der Waals surface area (Å²) in [5, 5.41) is 0. The summed E-state index contributed by atoms with van der Waals surface area (Å²) in [6.45, 7) is 2.00. The fourth-order valence-electron chi connectivity index (χ4n) is 2.74. The highest BCUT2D eigenvalue weighted by Crippen LogP contribution is 2.39. The molecule has 0 spiro atoms. The number of benzene rings is 1. The first-order valence-electron chi connectivity index (χ1n) is 7.22. The Morgan fingerprint density at radius 1 is 0.955 bits per heavy atom. The summed E-state index contributed by atoms with van der Waals surface area (Å²) < 4.78 is 9.65. The van der Waals surface area contributed by atoms with Crippen LogP contribution in [0.2, 0.25) is 0 Å². The molecule has 116 valence electrons. The number of ether oxygens (including phenoxy) is 2. The Labute approximate surface area is 130 Å². The van der Waals surface area contributed by atoms with Crippen molar-refractivity contribution in [3.63, 3.8) is 0 Å². The van der Waals surface area contributed by atoms with Gasteiger partial charge in [0, 0.05) is 0 Å². The molecule has 0 heterocycles. The zero-order valence-corrected chi connectivity index (χ0v) is 13.1. The number of rotatable bonds is 5. The number of esters is 2. The average molecular weight is 300 g/mol. The summed E-state index contributed by atoms with van der Waals surface area (Å²) in [6, 6.07) is 9.92. The molecular formula is C18H20O4. The fraction of sp³-hybridized carbons (Fsp3) is 0.333. The van der Waals surface area contributed by atoms with Gasteiger partial charge in [-0.25, -0.2) is 0 Å². The second-order valence-electron chi connectivity index (χ2n) is 5.21. The molecule has 0 amide bonds. The van der Waals surface area contributed by atoms with E-state index in [-0.39, 0.29) is 0 Å². The Bertz CT molecular complexity index is 610. The Balaban J connectivity index is 2.43. The molecule has 0 N–H and O–H groups in total. The maximum absolute atomic E-state index is 12.2. The molecule has 1 aliphatic rings. The molecule has 1 aliphatic carbocycles. The Kier molecular flexibility index (Phi) is 4.81. The molecule has 0 saturated heterocycles. The molecule has 0 atom stereocenters. The predicted octanol–water partition coefficient (Wildman–Crippen LogP) is 2.84. The van der Waals surface area contributed by atoms with Crippen molar-refractivity contribution in [2.75, 3.05) is 14.2 Å². The van der Waals surface area contributed by atoms with Crippen molar-refractivity contribution >= 4 is 11.9 Å². The van der Waals surface area contributed by atoms with E-state index in [0.29, 0.717) is 6.42 Å². The van der Waals surface area contributed by atoms with E-state index in [0.717, 1.165) is 23.1 Å². The highest BCUT2D eigenvalue weighted by atomic mass is 16.5. The minimum Gasteiger partial charge on any atom is -0.468 e. The fourth-order valence-corrected chi connectivity index (χ4v) is 2.74. The first-order valence-corrected chi connectivity index (χ1v) is 7.22. The maximum Gasteiger partial charge on any atom is 0.331 e. The van der Waals surface area contributed by atoms with Gasteiger partial charge in [0.15, 0.2) is 0 Å². The molecule has 0 radical (unpaired) electrons. The molecule has 22 heavy (non-hydrogen) atoms. The van der Waals surface area contributed by atoms with Gasteiger partial charge in [0.2, 0.25) is 5.41 Å². The lowest BCUT2D eigenvalue weighted by atomic mass is 9.89. The van der Waals surface area contributed by atoms with Gasteiger partial charge in [-0.1, -0.05) is 37.3 Å². The molecular weight excluding hydrogens is 280 g/mol. The molecule has 0 aliphatic heterocycles. The second-order valence-corrected chi connectivity index (χ2v) is 5.21. The van der Waals surface area contributed by atoms with E-state index < -0.39 is 17.4 Å². The van der Waals surface area contributed by atoms with E-state index in [1.165, 1.54) is 14.2 Å². The number of allylic oxidation sites excluding steroid dienone is 2. The lowest BCUT2D eigenvalue weighted by Crippen LogP contribution is -2.37. The van der Waals surface area contributed by atoms with Crippen LogP contribution in [0, 0.1) is 5.41 Å². The van der Waals surface area contributed by atoms with Gasteiger partial charge in [-0.05, 0) is 41.7 Å². The van der Waals surface area contributed by atoms with Crippen LogP contribution >= 0.6 is 0 Å². The van der Waals surface area contributed by atoms with Crippen molar-refractivity contribution in [3.8, 4) is 0 Å². The molecule has 1 aromatic carbocycles. The summed E-state index contributed by atoms with van der Waals surface area (Å²) in [5.74, 6) is -1.23. The van der Waals surface area contributed by atoms with Gasteiger partial charge >= 0.3 is 11.9 Å². The molecule has 0 saturated carbocycles. The van der Waals surface area contributed by atoms with E-state index >= 15 is 0 Å². The van der Waals surface area contributed by atoms with Gasteiger partial charge in [-0.15, -0.1) is 0 Å². The summed E-state index contributed by atoms with van der Waals surface area (Å²) >= 11 is 0. The van der Waals surface area contributed by atoms with Crippen molar-refractivity contribution < 1.29 is 19.1 Å². The predicted molar refractivity (Wildman–Crippen MR) is 83.1 cm³/mol. The van der Waals surface area contributed by atoms with Crippen molar-refractivity contribution in [2.24, 2.45) is 5.41 Å². The number of methoxy groups -OCH3 is 2. The zero-order chi connectivity index (χ0) is 16.2. The Morgan fingerprint density at radius 2 is 1.50 bits per heavy atom. The largest absolute Gasteiger partial charge is 0.468 e. The van der Waals surface area contributed by atoms with Crippen LogP contribution in [0.5, 0.6) is 0 Å². The minimum atomic E-state index is -1.46. The van der Waals surface area contributed by atoms with Gasteiger partial charge in [-0.2, -0.15) is 0 Å². The van der Waals surface area contributed by atoms with E-state index in [1.54, 1.807) is 12.2 Å². The van der Waals surface area contributed by atoms with Gasteiger partial charge < -0.3 is 9.47 Å². The first-order chi connectivity index (χ1) is 10.6. The lowest BCUT2D eigenvalue weighted by Gasteiger charge is -2.18. The van der Waals surface area contributed by atoms with Crippen molar-refractivity contribution in [2.45, 2.75) is 19.8 Å².